The summed E-state index contributed by atoms with van der Waals surface area (Å²) in [6, 6.07) is 7.46. The Bertz CT molecular complexity index is 537. The third kappa shape index (κ3) is 1.83. The van der Waals surface area contributed by atoms with Gasteiger partial charge >= 0.3 is 0 Å². The average molecular weight is 215 g/mol. The maximum absolute atomic E-state index is 8.85. The predicted molar refractivity (Wildman–Crippen MR) is 61.4 cm³/mol. The number of hydrogen-bond acceptors (Lipinski definition) is 4. The van der Waals surface area contributed by atoms with Gasteiger partial charge in [0.25, 0.3) is 0 Å². The number of nitrogen functional groups attached to an aromatic ring is 1. The maximum atomic E-state index is 8.85. The van der Waals surface area contributed by atoms with E-state index in [4.69, 9.17) is 11.0 Å². The van der Waals surface area contributed by atoms with Crippen LogP contribution in [0.1, 0.15) is 11.3 Å². The van der Waals surface area contributed by atoms with Crippen LogP contribution in [0.15, 0.2) is 23.6 Å². The van der Waals surface area contributed by atoms with Gasteiger partial charge in [0.15, 0.2) is 0 Å². The minimum absolute atomic E-state index is 0.500. The smallest absolute Gasteiger partial charge is 0.123 e. The Kier molecular flexibility index (Phi) is 2.40. The summed E-state index contributed by atoms with van der Waals surface area (Å²) in [5, 5.41) is 11.8. The fraction of sp³-hybridized carbons (Fsp3) is 0.0909. The van der Waals surface area contributed by atoms with Crippen LogP contribution < -0.4 is 5.73 Å². The van der Waals surface area contributed by atoms with Crippen molar-refractivity contribution in [2.24, 2.45) is 0 Å². The van der Waals surface area contributed by atoms with Crippen LogP contribution >= 0.6 is 11.3 Å². The molecule has 0 saturated heterocycles. The molecule has 0 atom stereocenters. The van der Waals surface area contributed by atoms with Gasteiger partial charge in [0.2, 0.25) is 0 Å². The lowest BCUT2D eigenvalue weighted by atomic mass is 10.1. The lowest BCUT2D eigenvalue weighted by Crippen LogP contribution is -1.90. The van der Waals surface area contributed by atoms with Gasteiger partial charge in [-0.15, -0.1) is 11.3 Å². The van der Waals surface area contributed by atoms with Crippen molar-refractivity contribution < 1.29 is 0 Å². The molecule has 0 bridgehead atoms. The van der Waals surface area contributed by atoms with Gasteiger partial charge in [0.1, 0.15) is 11.1 Å². The second-order valence-electron chi connectivity index (χ2n) is 3.21. The highest BCUT2D eigenvalue weighted by molar-refractivity contribution is 7.13. The van der Waals surface area contributed by atoms with Gasteiger partial charge in [0, 0.05) is 22.3 Å². The van der Waals surface area contributed by atoms with Crippen molar-refractivity contribution in [2.45, 2.75) is 6.92 Å². The summed E-state index contributed by atoms with van der Waals surface area (Å²) in [4.78, 5) is 4.35. The van der Waals surface area contributed by atoms with E-state index < -0.39 is 0 Å². The molecule has 2 aromatic rings. The first-order valence-electron chi connectivity index (χ1n) is 4.43. The van der Waals surface area contributed by atoms with E-state index in [1.54, 1.807) is 23.5 Å². The zero-order chi connectivity index (χ0) is 10.8. The van der Waals surface area contributed by atoms with E-state index in [9.17, 15) is 0 Å². The summed E-state index contributed by atoms with van der Waals surface area (Å²) < 4.78 is 0. The van der Waals surface area contributed by atoms with Crippen molar-refractivity contribution in [3.05, 3.63) is 34.8 Å². The van der Waals surface area contributed by atoms with Crippen molar-refractivity contribution in [1.82, 2.24) is 4.98 Å². The molecule has 15 heavy (non-hydrogen) atoms. The summed E-state index contributed by atoms with van der Waals surface area (Å²) >= 11 is 1.57. The van der Waals surface area contributed by atoms with Crippen LogP contribution in [0.2, 0.25) is 0 Å². The number of thiazole rings is 1. The first-order valence-corrected chi connectivity index (χ1v) is 5.31. The van der Waals surface area contributed by atoms with Gasteiger partial charge in [-0.25, -0.2) is 4.98 Å². The summed E-state index contributed by atoms with van der Waals surface area (Å²) in [5.41, 5.74) is 8.59. The Morgan fingerprint density at radius 3 is 2.87 bits per heavy atom. The molecule has 0 radical (unpaired) electrons. The van der Waals surface area contributed by atoms with Crippen LogP contribution in [0, 0.1) is 18.3 Å². The zero-order valence-electron chi connectivity index (χ0n) is 8.19. The zero-order valence-corrected chi connectivity index (χ0v) is 9.01. The highest BCUT2D eigenvalue weighted by Gasteiger charge is 2.05. The second-order valence-corrected chi connectivity index (χ2v) is 4.07. The SMILES string of the molecule is Cc1csc(-c2ccc(N)c(C#N)c2)n1. The third-order valence-corrected chi connectivity index (χ3v) is 3.05. The number of aromatic nitrogens is 1. The fourth-order valence-electron chi connectivity index (χ4n) is 1.27. The quantitative estimate of drug-likeness (QED) is 0.743. The first-order chi connectivity index (χ1) is 7.20. The number of hydrogen-bond donors (Lipinski definition) is 1. The van der Waals surface area contributed by atoms with Crippen molar-refractivity contribution in [2.75, 3.05) is 5.73 Å². The van der Waals surface area contributed by atoms with Crippen LogP contribution in [0.4, 0.5) is 5.69 Å². The van der Waals surface area contributed by atoms with Gasteiger partial charge in [0.05, 0.1) is 5.56 Å². The number of benzene rings is 1. The van der Waals surface area contributed by atoms with E-state index >= 15 is 0 Å². The lowest BCUT2D eigenvalue weighted by molar-refractivity contribution is 1.27. The monoisotopic (exact) mass is 215 g/mol. The molecule has 1 aromatic carbocycles. The molecule has 3 nitrogen and oxygen atoms in total. The molecule has 0 amide bonds. The molecule has 0 saturated carbocycles. The Balaban J connectivity index is 2.51. The number of nitrogens with zero attached hydrogens (tertiary/aromatic N) is 2. The molecular weight excluding hydrogens is 206 g/mol. The van der Waals surface area contributed by atoms with Crippen LogP contribution in [0.5, 0.6) is 0 Å². The summed E-state index contributed by atoms with van der Waals surface area (Å²) in [5.74, 6) is 0. The highest BCUT2D eigenvalue weighted by Crippen LogP contribution is 2.26. The molecule has 1 heterocycles. The Morgan fingerprint density at radius 1 is 1.47 bits per heavy atom. The van der Waals surface area contributed by atoms with E-state index in [0.29, 0.717) is 11.3 Å². The van der Waals surface area contributed by atoms with Crippen molar-refractivity contribution in [3.63, 3.8) is 0 Å². The number of anilines is 1. The largest absolute Gasteiger partial charge is 0.398 e. The molecule has 2 N–H and O–H groups in total. The summed E-state index contributed by atoms with van der Waals surface area (Å²) in [7, 11) is 0. The molecule has 0 aliphatic heterocycles. The highest BCUT2D eigenvalue weighted by atomic mass is 32.1. The molecule has 0 aliphatic carbocycles. The molecular formula is C11H9N3S. The van der Waals surface area contributed by atoms with Gasteiger partial charge in [-0.1, -0.05) is 0 Å². The van der Waals surface area contributed by atoms with E-state index in [1.807, 2.05) is 18.4 Å². The van der Waals surface area contributed by atoms with E-state index in [-0.39, 0.29) is 0 Å². The average Bonchev–Trinajstić information content (AvgIpc) is 2.66. The van der Waals surface area contributed by atoms with Crippen LogP contribution in [-0.2, 0) is 0 Å². The van der Waals surface area contributed by atoms with Crippen molar-refractivity contribution >= 4 is 17.0 Å². The van der Waals surface area contributed by atoms with E-state index in [1.165, 1.54) is 0 Å². The number of nitriles is 1. The molecule has 74 valence electrons. The number of nitrogens with two attached hydrogens (primary N) is 1. The standard InChI is InChI=1S/C11H9N3S/c1-7-6-15-11(14-7)8-2-3-10(13)9(4-8)5-12/h2-4,6H,13H2,1H3. The van der Waals surface area contributed by atoms with Crippen molar-refractivity contribution in [3.8, 4) is 16.6 Å². The minimum Gasteiger partial charge on any atom is -0.398 e. The normalized spacial score (nSPS) is 9.87. The summed E-state index contributed by atoms with van der Waals surface area (Å²) in [6.07, 6.45) is 0. The van der Waals surface area contributed by atoms with Crippen LogP contribution in [0.3, 0.4) is 0 Å². The number of aryl methyl sites for hydroxylation is 1. The second kappa shape index (κ2) is 3.71. The van der Waals surface area contributed by atoms with E-state index in [0.717, 1.165) is 16.3 Å². The Labute approximate surface area is 91.8 Å². The molecule has 0 unspecified atom stereocenters. The van der Waals surface area contributed by atoms with E-state index in [2.05, 4.69) is 11.1 Å². The van der Waals surface area contributed by atoms with Crippen molar-refractivity contribution in [1.29, 1.82) is 5.26 Å². The first kappa shape index (κ1) is 9.69. The van der Waals surface area contributed by atoms with Gasteiger partial charge in [-0.2, -0.15) is 5.26 Å². The minimum atomic E-state index is 0.500. The number of rotatable bonds is 1. The van der Waals surface area contributed by atoms with Gasteiger partial charge < -0.3 is 5.73 Å². The third-order valence-electron chi connectivity index (χ3n) is 2.04. The molecule has 0 spiro atoms. The molecule has 0 fully saturated rings. The van der Waals surface area contributed by atoms with Crippen LogP contribution in [-0.4, -0.2) is 4.98 Å². The molecule has 4 heteroatoms. The van der Waals surface area contributed by atoms with Gasteiger partial charge in [-0.05, 0) is 25.1 Å². The Morgan fingerprint density at radius 2 is 2.27 bits per heavy atom. The predicted octanol–water partition coefficient (Wildman–Crippen LogP) is 2.57. The molecule has 2 rings (SSSR count). The summed E-state index contributed by atoms with van der Waals surface area (Å²) in [6.45, 7) is 1.95. The van der Waals surface area contributed by atoms with Gasteiger partial charge in [-0.3, -0.25) is 0 Å². The molecule has 1 aromatic heterocycles. The van der Waals surface area contributed by atoms with Crippen LogP contribution in [0.25, 0.3) is 10.6 Å². The fourth-order valence-corrected chi connectivity index (χ4v) is 2.07. The molecule has 0 aliphatic rings. The Hall–Kier alpha value is -1.86. The maximum Gasteiger partial charge on any atom is 0.123 e. The topological polar surface area (TPSA) is 62.7 Å². The lowest BCUT2D eigenvalue weighted by Gasteiger charge is -1.99.